The second-order valence-corrected chi connectivity index (χ2v) is 4.46. The summed E-state index contributed by atoms with van der Waals surface area (Å²) in [6.07, 6.45) is 1.49. The molecule has 1 unspecified atom stereocenters. The lowest BCUT2D eigenvalue weighted by molar-refractivity contribution is 0.0962. The highest BCUT2D eigenvalue weighted by Gasteiger charge is 2.23. The minimum absolute atomic E-state index is 0.0626. The normalized spacial score (nSPS) is 19.6. The van der Waals surface area contributed by atoms with Crippen LogP contribution in [0.3, 0.4) is 0 Å². The first kappa shape index (κ1) is 9.76. The molecule has 0 radical (unpaired) electrons. The van der Waals surface area contributed by atoms with Crippen molar-refractivity contribution in [2.45, 2.75) is 6.92 Å². The zero-order valence-electron chi connectivity index (χ0n) is 7.42. The van der Waals surface area contributed by atoms with Crippen LogP contribution in [0.5, 0.6) is 0 Å². The predicted octanol–water partition coefficient (Wildman–Crippen LogP) is 2.97. The number of Topliss-reactive ketones (excluding diaryl/α,β-unsaturated/α-hetero) is 1. The monoisotopic (exact) mass is 303 g/mol. The summed E-state index contributed by atoms with van der Waals surface area (Å²) in [6, 6.07) is 3.05. The Bertz CT molecular complexity index is 442. The van der Waals surface area contributed by atoms with Crippen LogP contribution in [-0.4, -0.2) is 12.0 Å². The molecule has 1 aromatic rings. The van der Waals surface area contributed by atoms with E-state index in [1.165, 1.54) is 12.3 Å². The van der Waals surface area contributed by atoms with E-state index in [0.717, 1.165) is 3.57 Å². The Hall–Kier alpha value is -0.780. The molecule has 0 saturated carbocycles. The number of ketones is 1. The molecule has 0 bridgehead atoms. The summed E-state index contributed by atoms with van der Waals surface area (Å²) in [4.78, 5) is 15.6. The molecular weight excluding hydrogens is 296 g/mol. The highest BCUT2D eigenvalue weighted by Crippen LogP contribution is 2.30. The van der Waals surface area contributed by atoms with Gasteiger partial charge < -0.3 is 0 Å². The second-order valence-electron chi connectivity index (χ2n) is 3.21. The van der Waals surface area contributed by atoms with Gasteiger partial charge >= 0.3 is 0 Å². The van der Waals surface area contributed by atoms with Crippen LogP contribution in [0.4, 0.5) is 10.1 Å². The fourth-order valence-electron chi connectivity index (χ4n) is 1.38. The average Bonchev–Trinajstić information content (AvgIpc) is 2.12. The fraction of sp³-hybridized carbons (Fsp3) is 0.200. The van der Waals surface area contributed by atoms with E-state index in [-0.39, 0.29) is 17.4 Å². The largest absolute Gasteiger partial charge is 0.293 e. The van der Waals surface area contributed by atoms with Crippen LogP contribution in [-0.2, 0) is 0 Å². The van der Waals surface area contributed by atoms with E-state index in [4.69, 9.17) is 0 Å². The first-order chi connectivity index (χ1) is 6.59. The first-order valence-electron chi connectivity index (χ1n) is 4.17. The summed E-state index contributed by atoms with van der Waals surface area (Å²) < 4.78 is 14.1. The molecule has 1 heterocycles. The Kier molecular flexibility index (Phi) is 2.38. The SMILES string of the molecule is CC1C=Nc2c(F)cc(I)cc2C1=O. The maximum atomic E-state index is 13.4. The van der Waals surface area contributed by atoms with E-state index < -0.39 is 5.82 Å². The van der Waals surface area contributed by atoms with Crippen molar-refractivity contribution < 1.29 is 9.18 Å². The third-order valence-corrected chi connectivity index (χ3v) is 2.76. The van der Waals surface area contributed by atoms with Crippen molar-refractivity contribution in [3.63, 3.8) is 0 Å². The molecule has 1 atom stereocenters. The lowest BCUT2D eigenvalue weighted by Crippen LogP contribution is -2.17. The third-order valence-electron chi connectivity index (χ3n) is 2.13. The predicted molar refractivity (Wildman–Crippen MR) is 60.8 cm³/mol. The van der Waals surface area contributed by atoms with Crippen LogP contribution in [0.25, 0.3) is 0 Å². The number of rotatable bonds is 0. The Morgan fingerprint density at radius 3 is 2.93 bits per heavy atom. The number of hydrogen-bond acceptors (Lipinski definition) is 2. The van der Waals surface area contributed by atoms with Crippen LogP contribution < -0.4 is 0 Å². The summed E-state index contributed by atoms with van der Waals surface area (Å²) in [5.41, 5.74) is 0.568. The lowest BCUT2D eigenvalue weighted by Gasteiger charge is -2.14. The standard InChI is InChI=1S/C10H7FINO/c1-5-4-13-9-7(10(5)14)2-6(12)3-8(9)11/h2-5H,1H3. The van der Waals surface area contributed by atoms with Gasteiger partial charge in [0.15, 0.2) is 11.6 Å². The molecule has 4 heteroatoms. The maximum absolute atomic E-state index is 13.4. The van der Waals surface area contributed by atoms with E-state index in [1.807, 2.05) is 22.6 Å². The van der Waals surface area contributed by atoms with E-state index in [1.54, 1.807) is 13.0 Å². The van der Waals surface area contributed by atoms with Gasteiger partial charge in [-0.1, -0.05) is 6.92 Å². The lowest BCUT2D eigenvalue weighted by atomic mass is 9.96. The molecule has 0 fully saturated rings. The molecule has 2 nitrogen and oxygen atoms in total. The number of fused-ring (bicyclic) bond motifs is 1. The number of nitrogens with zero attached hydrogens (tertiary/aromatic N) is 1. The van der Waals surface area contributed by atoms with Gasteiger partial charge in [-0.25, -0.2) is 4.39 Å². The number of hydrogen-bond donors (Lipinski definition) is 0. The Morgan fingerprint density at radius 1 is 1.50 bits per heavy atom. The highest BCUT2D eigenvalue weighted by molar-refractivity contribution is 14.1. The van der Waals surface area contributed by atoms with Crippen LogP contribution in [0.15, 0.2) is 17.1 Å². The third kappa shape index (κ3) is 1.47. The second kappa shape index (κ2) is 3.42. The summed E-state index contributed by atoms with van der Waals surface area (Å²) >= 11 is 1.98. The minimum atomic E-state index is -0.427. The van der Waals surface area contributed by atoms with Crippen molar-refractivity contribution in [2.24, 2.45) is 10.9 Å². The molecule has 0 amide bonds. The number of carbonyl (C=O) groups is 1. The molecule has 72 valence electrons. The van der Waals surface area contributed by atoms with Gasteiger partial charge in [0.1, 0.15) is 5.69 Å². The van der Waals surface area contributed by atoms with Gasteiger partial charge in [0, 0.05) is 15.3 Å². The summed E-state index contributed by atoms with van der Waals surface area (Å²) in [5, 5.41) is 0. The van der Waals surface area contributed by atoms with Crippen LogP contribution in [0.2, 0.25) is 0 Å². The molecule has 0 N–H and O–H groups in total. The fourth-order valence-corrected chi connectivity index (χ4v) is 1.97. The molecule has 1 aromatic carbocycles. The van der Waals surface area contributed by atoms with Crippen LogP contribution >= 0.6 is 22.6 Å². The van der Waals surface area contributed by atoms with E-state index in [2.05, 4.69) is 4.99 Å². The molecule has 1 aliphatic rings. The van der Waals surface area contributed by atoms with Crippen molar-refractivity contribution in [1.29, 1.82) is 0 Å². The maximum Gasteiger partial charge on any atom is 0.173 e. The Labute approximate surface area is 94.4 Å². The Balaban J connectivity index is 2.68. The van der Waals surface area contributed by atoms with Gasteiger partial charge in [-0.15, -0.1) is 0 Å². The van der Waals surface area contributed by atoms with Crippen molar-refractivity contribution in [1.82, 2.24) is 0 Å². The highest BCUT2D eigenvalue weighted by atomic mass is 127. The van der Waals surface area contributed by atoms with Gasteiger partial charge in [-0.3, -0.25) is 9.79 Å². The Morgan fingerprint density at radius 2 is 2.21 bits per heavy atom. The molecule has 0 saturated heterocycles. The number of aliphatic imine (C=N–C) groups is 1. The van der Waals surface area contributed by atoms with Gasteiger partial charge in [0.05, 0.1) is 5.92 Å². The van der Waals surface area contributed by atoms with Crippen molar-refractivity contribution in [3.8, 4) is 0 Å². The minimum Gasteiger partial charge on any atom is -0.293 e. The summed E-state index contributed by atoms with van der Waals surface area (Å²) in [7, 11) is 0. The van der Waals surface area contributed by atoms with Gasteiger partial charge in [0.25, 0.3) is 0 Å². The van der Waals surface area contributed by atoms with Crippen molar-refractivity contribution in [3.05, 3.63) is 27.1 Å². The number of halogens is 2. The molecular formula is C10H7FINO. The zero-order chi connectivity index (χ0) is 10.3. The quantitative estimate of drug-likeness (QED) is 0.678. The molecule has 0 spiro atoms. The van der Waals surface area contributed by atoms with Gasteiger partial charge in [-0.2, -0.15) is 0 Å². The first-order valence-corrected chi connectivity index (χ1v) is 5.25. The van der Waals surface area contributed by atoms with Crippen molar-refractivity contribution >= 4 is 40.3 Å². The van der Waals surface area contributed by atoms with Gasteiger partial charge in [0.2, 0.25) is 0 Å². The van der Waals surface area contributed by atoms with E-state index in [9.17, 15) is 9.18 Å². The summed E-state index contributed by atoms with van der Waals surface area (Å²) in [5.74, 6) is -0.740. The van der Waals surface area contributed by atoms with Crippen LogP contribution in [0, 0.1) is 15.3 Å². The molecule has 14 heavy (non-hydrogen) atoms. The van der Waals surface area contributed by atoms with Crippen molar-refractivity contribution in [2.75, 3.05) is 0 Å². The molecule has 0 aliphatic carbocycles. The van der Waals surface area contributed by atoms with E-state index in [0.29, 0.717) is 5.56 Å². The zero-order valence-corrected chi connectivity index (χ0v) is 9.58. The number of benzene rings is 1. The summed E-state index contributed by atoms with van der Waals surface area (Å²) in [6.45, 7) is 1.76. The molecule has 1 aliphatic heterocycles. The topological polar surface area (TPSA) is 29.4 Å². The average molecular weight is 303 g/mol. The van der Waals surface area contributed by atoms with Gasteiger partial charge in [-0.05, 0) is 34.7 Å². The van der Waals surface area contributed by atoms with Crippen LogP contribution in [0.1, 0.15) is 17.3 Å². The molecule has 2 rings (SSSR count). The number of carbonyl (C=O) groups excluding carboxylic acids is 1. The smallest absolute Gasteiger partial charge is 0.173 e. The molecule has 0 aromatic heterocycles. The van der Waals surface area contributed by atoms with E-state index >= 15 is 0 Å².